The molecule has 19 heavy (non-hydrogen) atoms. The second-order valence-corrected chi connectivity index (χ2v) is 5.04. The first kappa shape index (κ1) is 13.8. The third-order valence-corrected chi connectivity index (χ3v) is 3.24. The first-order valence-electron chi connectivity index (χ1n) is 5.88. The van der Waals surface area contributed by atoms with Crippen molar-refractivity contribution in [2.24, 2.45) is 5.73 Å². The van der Waals surface area contributed by atoms with E-state index in [1.165, 1.54) is 0 Å². The number of hydrogen-bond acceptors (Lipinski definition) is 3. The van der Waals surface area contributed by atoms with Crippen LogP contribution < -0.4 is 5.73 Å². The number of rotatable bonds is 4. The molecule has 2 aromatic rings. The Hall–Kier alpha value is -1.65. The Morgan fingerprint density at radius 2 is 1.74 bits per heavy atom. The molecule has 0 aromatic heterocycles. The predicted molar refractivity (Wildman–Crippen MR) is 77.3 cm³/mol. The molecule has 0 aliphatic carbocycles. The lowest BCUT2D eigenvalue weighted by Crippen LogP contribution is -2.23. The van der Waals surface area contributed by atoms with Gasteiger partial charge in [0.2, 0.25) is 0 Å². The van der Waals surface area contributed by atoms with Gasteiger partial charge in [-0.05, 0) is 23.3 Å². The molecule has 0 fully saturated rings. The van der Waals surface area contributed by atoms with Crippen LogP contribution in [0.1, 0.15) is 17.2 Å². The fourth-order valence-electron chi connectivity index (χ4n) is 1.62. The predicted octanol–water partition coefficient (Wildman–Crippen LogP) is 3.19. The van der Waals surface area contributed by atoms with E-state index in [0.717, 1.165) is 15.6 Å². The van der Waals surface area contributed by atoms with E-state index in [2.05, 4.69) is 15.9 Å². The molecule has 2 aromatic carbocycles. The molecule has 0 spiro atoms. The van der Waals surface area contributed by atoms with Gasteiger partial charge in [0.25, 0.3) is 0 Å². The standard InChI is InChI=1S/C15H14BrNO2/c16-13-8-6-11(7-9-13)10-19-15(18)14(17)12-4-2-1-3-5-12/h1-9,14H,10,17H2/t14-/m1/s1. The maximum absolute atomic E-state index is 11.8. The van der Waals surface area contributed by atoms with E-state index in [4.69, 9.17) is 10.5 Å². The van der Waals surface area contributed by atoms with Crippen LogP contribution in [0.25, 0.3) is 0 Å². The Labute approximate surface area is 120 Å². The summed E-state index contributed by atoms with van der Waals surface area (Å²) in [5, 5.41) is 0. The zero-order valence-corrected chi connectivity index (χ0v) is 11.8. The summed E-state index contributed by atoms with van der Waals surface area (Å²) in [6.45, 7) is 0.229. The van der Waals surface area contributed by atoms with Gasteiger partial charge < -0.3 is 10.5 Å². The molecular formula is C15H14BrNO2. The van der Waals surface area contributed by atoms with Crippen LogP contribution in [0.5, 0.6) is 0 Å². The molecule has 0 aliphatic rings. The van der Waals surface area contributed by atoms with Crippen molar-refractivity contribution < 1.29 is 9.53 Å². The van der Waals surface area contributed by atoms with Crippen molar-refractivity contribution >= 4 is 21.9 Å². The number of ether oxygens (including phenoxy) is 1. The second kappa shape index (κ2) is 6.50. The monoisotopic (exact) mass is 319 g/mol. The lowest BCUT2D eigenvalue weighted by molar-refractivity contribution is -0.146. The maximum atomic E-state index is 11.8. The third-order valence-electron chi connectivity index (χ3n) is 2.71. The average Bonchev–Trinajstić information content (AvgIpc) is 2.46. The highest BCUT2D eigenvalue weighted by Crippen LogP contribution is 2.14. The van der Waals surface area contributed by atoms with Crippen LogP contribution in [-0.2, 0) is 16.1 Å². The van der Waals surface area contributed by atoms with Gasteiger partial charge in [0, 0.05) is 4.47 Å². The topological polar surface area (TPSA) is 52.3 Å². The number of nitrogens with two attached hydrogens (primary N) is 1. The average molecular weight is 320 g/mol. The summed E-state index contributed by atoms with van der Waals surface area (Å²) in [5.41, 5.74) is 7.53. The smallest absolute Gasteiger partial charge is 0.327 e. The van der Waals surface area contributed by atoms with Crippen molar-refractivity contribution in [2.45, 2.75) is 12.6 Å². The van der Waals surface area contributed by atoms with Crippen LogP contribution in [0, 0.1) is 0 Å². The summed E-state index contributed by atoms with van der Waals surface area (Å²) in [7, 11) is 0. The van der Waals surface area contributed by atoms with E-state index >= 15 is 0 Å². The van der Waals surface area contributed by atoms with Crippen LogP contribution >= 0.6 is 15.9 Å². The van der Waals surface area contributed by atoms with Gasteiger partial charge in [0.15, 0.2) is 0 Å². The SMILES string of the molecule is N[C@@H](C(=O)OCc1ccc(Br)cc1)c1ccccc1. The molecule has 0 radical (unpaired) electrons. The number of halogens is 1. The van der Waals surface area contributed by atoms with E-state index in [1.54, 1.807) is 0 Å². The Morgan fingerprint density at radius 3 is 2.37 bits per heavy atom. The third kappa shape index (κ3) is 3.91. The Morgan fingerprint density at radius 1 is 1.11 bits per heavy atom. The van der Waals surface area contributed by atoms with E-state index in [1.807, 2.05) is 54.6 Å². The summed E-state index contributed by atoms with van der Waals surface area (Å²) in [6.07, 6.45) is 0. The van der Waals surface area contributed by atoms with Crippen molar-refractivity contribution in [1.82, 2.24) is 0 Å². The van der Waals surface area contributed by atoms with Gasteiger partial charge in [0.05, 0.1) is 0 Å². The zero-order valence-electron chi connectivity index (χ0n) is 10.3. The van der Waals surface area contributed by atoms with Gasteiger partial charge in [-0.2, -0.15) is 0 Å². The largest absolute Gasteiger partial charge is 0.459 e. The highest BCUT2D eigenvalue weighted by Gasteiger charge is 2.16. The molecule has 0 saturated heterocycles. The summed E-state index contributed by atoms with van der Waals surface area (Å²) in [6, 6.07) is 16.0. The molecule has 0 amide bonds. The highest BCUT2D eigenvalue weighted by molar-refractivity contribution is 9.10. The minimum Gasteiger partial charge on any atom is -0.459 e. The molecule has 0 bridgehead atoms. The number of benzene rings is 2. The van der Waals surface area contributed by atoms with E-state index in [9.17, 15) is 4.79 Å². The van der Waals surface area contributed by atoms with Gasteiger partial charge >= 0.3 is 5.97 Å². The first-order chi connectivity index (χ1) is 9.16. The summed E-state index contributed by atoms with van der Waals surface area (Å²) >= 11 is 3.35. The lowest BCUT2D eigenvalue weighted by atomic mass is 10.1. The van der Waals surface area contributed by atoms with Crippen LogP contribution in [-0.4, -0.2) is 5.97 Å². The molecule has 2 N–H and O–H groups in total. The number of carbonyl (C=O) groups excluding carboxylic acids is 1. The van der Waals surface area contributed by atoms with Crippen molar-refractivity contribution in [2.75, 3.05) is 0 Å². The van der Waals surface area contributed by atoms with E-state index < -0.39 is 12.0 Å². The van der Waals surface area contributed by atoms with Crippen molar-refractivity contribution in [1.29, 1.82) is 0 Å². The van der Waals surface area contributed by atoms with Crippen LogP contribution in [0.4, 0.5) is 0 Å². The Balaban J connectivity index is 1.93. The fraction of sp³-hybridized carbons (Fsp3) is 0.133. The summed E-state index contributed by atoms with van der Waals surface area (Å²) < 4.78 is 6.19. The van der Waals surface area contributed by atoms with Crippen LogP contribution in [0.3, 0.4) is 0 Å². The van der Waals surface area contributed by atoms with E-state index in [0.29, 0.717) is 0 Å². The lowest BCUT2D eigenvalue weighted by Gasteiger charge is -2.11. The molecule has 3 nitrogen and oxygen atoms in total. The van der Waals surface area contributed by atoms with Gasteiger partial charge in [-0.3, -0.25) is 0 Å². The summed E-state index contributed by atoms with van der Waals surface area (Å²) in [5.74, 6) is -0.422. The zero-order chi connectivity index (χ0) is 13.7. The number of esters is 1. The van der Waals surface area contributed by atoms with Crippen LogP contribution in [0.2, 0.25) is 0 Å². The molecule has 98 valence electrons. The minimum atomic E-state index is -0.739. The van der Waals surface area contributed by atoms with Gasteiger partial charge in [-0.25, -0.2) is 4.79 Å². The number of hydrogen-bond donors (Lipinski definition) is 1. The molecule has 0 saturated carbocycles. The summed E-state index contributed by atoms with van der Waals surface area (Å²) in [4.78, 5) is 11.8. The van der Waals surface area contributed by atoms with Crippen molar-refractivity contribution in [3.8, 4) is 0 Å². The normalized spacial score (nSPS) is 11.9. The quantitative estimate of drug-likeness (QED) is 0.880. The molecular weight excluding hydrogens is 306 g/mol. The van der Waals surface area contributed by atoms with Crippen LogP contribution in [0.15, 0.2) is 59.1 Å². The number of carbonyl (C=O) groups is 1. The van der Waals surface area contributed by atoms with Gasteiger partial charge in [-0.15, -0.1) is 0 Å². The molecule has 2 rings (SSSR count). The van der Waals surface area contributed by atoms with Gasteiger partial charge in [-0.1, -0.05) is 58.4 Å². The Kier molecular flexibility index (Phi) is 4.71. The molecule has 4 heteroatoms. The van der Waals surface area contributed by atoms with E-state index in [-0.39, 0.29) is 6.61 Å². The molecule has 1 atom stereocenters. The van der Waals surface area contributed by atoms with Crippen molar-refractivity contribution in [3.63, 3.8) is 0 Å². The molecule has 0 heterocycles. The highest BCUT2D eigenvalue weighted by atomic mass is 79.9. The minimum absolute atomic E-state index is 0.229. The van der Waals surface area contributed by atoms with Crippen molar-refractivity contribution in [3.05, 3.63) is 70.2 Å². The molecule has 0 unspecified atom stereocenters. The first-order valence-corrected chi connectivity index (χ1v) is 6.68. The Bertz CT molecular complexity index is 540. The molecule has 0 aliphatic heterocycles. The maximum Gasteiger partial charge on any atom is 0.327 e. The van der Waals surface area contributed by atoms with Gasteiger partial charge in [0.1, 0.15) is 12.6 Å². The fourth-order valence-corrected chi connectivity index (χ4v) is 1.89. The second-order valence-electron chi connectivity index (χ2n) is 4.12.